The lowest BCUT2D eigenvalue weighted by atomic mass is 9.87. The Kier molecular flexibility index (Phi) is 5.44. The molecule has 0 bridgehead atoms. The maximum absolute atomic E-state index is 13.4. The average Bonchev–Trinajstić information content (AvgIpc) is 3.57. The summed E-state index contributed by atoms with van der Waals surface area (Å²) >= 11 is 0. The third kappa shape index (κ3) is 4.36. The number of carbonyl (C=O) groups excluding carboxylic acids is 2. The van der Waals surface area contributed by atoms with Crippen LogP contribution >= 0.6 is 0 Å². The van der Waals surface area contributed by atoms with Crippen molar-refractivity contribution in [1.29, 1.82) is 0 Å². The molecule has 2 aliphatic rings. The fourth-order valence-electron chi connectivity index (χ4n) is 4.48. The first-order valence-electron chi connectivity index (χ1n) is 10.6. The van der Waals surface area contributed by atoms with Crippen LogP contribution < -0.4 is 0 Å². The molecule has 0 spiro atoms. The van der Waals surface area contributed by atoms with Gasteiger partial charge in [-0.1, -0.05) is 60.7 Å². The molecule has 1 heterocycles. The van der Waals surface area contributed by atoms with E-state index in [2.05, 4.69) is 38.1 Å². The molecule has 152 valence electrons. The summed E-state index contributed by atoms with van der Waals surface area (Å²) in [6.07, 6.45) is 2.48. The molecule has 2 amide bonds. The molecule has 2 aromatic carbocycles. The van der Waals surface area contributed by atoms with Crippen LogP contribution in [0.4, 0.5) is 0 Å². The summed E-state index contributed by atoms with van der Waals surface area (Å²) in [7, 11) is 0. The van der Waals surface area contributed by atoms with E-state index in [-0.39, 0.29) is 29.2 Å². The molecule has 2 fully saturated rings. The van der Waals surface area contributed by atoms with Gasteiger partial charge in [-0.2, -0.15) is 0 Å². The number of hydrogen-bond donors (Lipinski definition) is 0. The van der Waals surface area contributed by atoms with Crippen LogP contribution in [0.5, 0.6) is 0 Å². The Morgan fingerprint density at radius 3 is 1.97 bits per heavy atom. The monoisotopic (exact) mass is 390 g/mol. The number of piperazine rings is 1. The number of benzene rings is 2. The van der Waals surface area contributed by atoms with Crippen molar-refractivity contribution in [3.05, 3.63) is 71.8 Å². The van der Waals surface area contributed by atoms with Crippen LogP contribution in [-0.4, -0.2) is 46.8 Å². The zero-order chi connectivity index (χ0) is 20.4. The van der Waals surface area contributed by atoms with Crippen LogP contribution in [0.1, 0.15) is 50.2 Å². The van der Waals surface area contributed by atoms with Crippen molar-refractivity contribution >= 4 is 11.8 Å². The molecule has 0 N–H and O–H groups in total. The van der Waals surface area contributed by atoms with E-state index in [1.165, 1.54) is 0 Å². The molecular weight excluding hydrogens is 360 g/mol. The van der Waals surface area contributed by atoms with Crippen LogP contribution in [0.2, 0.25) is 0 Å². The first kappa shape index (κ1) is 19.7. The third-order valence-electron chi connectivity index (χ3n) is 6.22. The Morgan fingerprint density at radius 2 is 1.48 bits per heavy atom. The van der Waals surface area contributed by atoms with Gasteiger partial charge in [-0.25, -0.2) is 0 Å². The number of carbonyl (C=O) groups is 2. The van der Waals surface area contributed by atoms with Crippen LogP contribution in [0.3, 0.4) is 0 Å². The summed E-state index contributed by atoms with van der Waals surface area (Å²) in [5.41, 5.74) is 1.97. The van der Waals surface area contributed by atoms with Crippen molar-refractivity contribution in [2.75, 3.05) is 19.6 Å². The first-order valence-corrected chi connectivity index (χ1v) is 10.6. The maximum atomic E-state index is 13.4. The molecule has 1 aliphatic carbocycles. The highest BCUT2D eigenvalue weighted by Gasteiger charge is 2.42. The Hall–Kier alpha value is -2.62. The molecule has 0 atom stereocenters. The number of amides is 2. The lowest BCUT2D eigenvalue weighted by Gasteiger charge is -2.47. The largest absolute Gasteiger partial charge is 0.338 e. The lowest BCUT2D eigenvalue weighted by Crippen LogP contribution is -2.62. The standard InChI is InChI=1S/C25H30N2O2/c1-25(2)18-26(24(29)21-13-14-21)15-16-27(25)23(28)17-22(19-9-5-3-6-10-19)20-11-7-4-8-12-20/h3-12,21-22H,13-18H2,1-2H3. The molecule has 1 saturated carbocycles. The molecule has 4 heteroatoms. The van der Waals surface area contributed by atoms with Gasteiger partial charge in [-0.15, -0.1) is 0 Å². The topological polar surface area (TPSA) is 40.6 Å². The molecule has 0 aromatic heterocycles. The lowest BCUT2D eigenvalue weighted by molar-refractivity contribution is -0.148. The fourth-order valence-corrected chi connectivity index (χ4v) is 4.48. The minimum Gasteiger partial charge on any atom is -0.338 e. The van der Waals surface area contributed by atoms with Gasteiger partial charge >= 0.3 is 0 Å². The van der Waals surface area contributed by atoms with E-state index in [4.69, 9.17) is 0 Å². The highest BCUT2D eigenvalue weighted by atomic mass is 16.2. The van der Waals surface area contributed by atoms with E-state index >= 15 is 0 Å². The van der Waals surface area contributed by atoms with Gasteiger partial charge in [0.1, 0.15) is 0 Å². The normalized spacial score (nSPS) is 18.7. The van der Waals surface area contributed by atoms with E-state index in [1.807, 2.05) is 46.2 Å². The third-order valence-corrected chi connectivity index (χ3v) is 6.22. The highest BCUT2D eigenvalue weighted by molar-refractivity contribution is 5.82. The highest BCUT2D eigenvalue weighted by Crippen LogP contribution is 2.34. The van der Waals surface area contributed by atoms with Crippen molar-refractivity contribution in [3.63, 3.8) is 0 Å². The van der Waals surface area contributed by atoms with Gasteiger partial charge in [-0.3, -0.25) is 9.59 Å². The Bertz CT molecular complexity index is 819. The number of rotatable bonds is 5. The van der Waals surface area contributed by atoms with Crippen molar-refractivity contribution < 1.29 is 9.59 Å². The summed E-state index contributed by atoms with van der Waals surface area (Å²) in [6.45, 7) is 6.04. The SMILES string of the molecule is CC1(C)CN(C(=O)C2CC2)CCN1C(=O)CC(c1ccccc1)c1ccccc1. The van der Waals surface area contributed by atoms with E-state index in [9.17, 15) is 9.59 Å². The Balaban J connectivity index is 1.51. The van der Waals surface area contributed by atoms with E-state index in [0.717, 1.165) is 24.0 Å². The second kappa shape index (κ2) is 8.02. The van der Waals surface area contributed by atoms with Gasteiger partial charge in [0.25, 0.3) is 0 Å². The molecule has 2 aromatic rings. The summed E-state index contributed by atoms with van der Waals surface area (Å²) in [6, 6.07) is 20.5. The zero-order valence-electron chi connectivity index (χ0n) is 17.4. The quantitative estimate of drug-likeness (QED) is 0.772. The van der Waals surface area contributed by atoms with Crippen LogP contribution in [0, 0.1) is 5.92 Å². The maximum Gasteiger partial charge on any atom is 0.225 e. The summed E-state index contributed by atoms with van der Waals surface area (Å²) < 4.78 is 0. The summed E-state index contributed by atoms with van der Waals surface area (Å²) in [4.78, 5) is 29.9. The van der Waals surface area contributed by atoms with Gasteiger partial charge in [-0.05, 0) is 37.8 Å². The van der Waals surface area contributed by atoms with Gasteiger partial charge in [0.15, 0.2) is 0 Å². The zero-order valence-corrected chi connectivity index (χ0v) is 17.4. The minimum atomic E-state index is -0.349. The van der Waals surface area contributed by atoms with Crippen LogP contribution in [0.25, 0.3) is 0 Å². The number of nitrogens with zero attached hydrogens (tertiary/aromatic N) is 2. The summed E-state index contributed by atoms with van der Waals surface area (Å²) in [5.74, 6) is 0.697. The smallest absolute Gasteiger partial charge is 0.225 e. The second-order valence-electron chi connectivity index (χ2n) is 8.97. The van der Waals surface area contributed by atoms with Crippen molar-refractivity contribution in [2.45, 2.75) is 44.6 Å². The predicted molar refractivity (Wildman–Crippen MR) is 114 cm³/mol. The Morgan fingerprint density at radius 1 is 0.931 bits per heavy atom. The predicted octanol–water partition coefficient (Wildman–Crippen LogP) is 4.07. The van der Waals surface area contributed by atoms with Crippen molar-refractivity contribution in [1.82, 2.24) is 9.80 Å². The molecule has 0 radical (unpaired) electrons. The second-order valence-corrected chi connectivity index (χ2v) is 8.97. The fraction of sp³-hybridized carbons (Fsp3) is 0.440. The van der Waals surface area contributed by atoms with Gasteiger partial charge in [0.05, 0.1) is 5.54 Å². The molecule has 29 heavy (non-hydrogen) atoms. The summed E-state index contributed by atoms with van der Waals surface area (Å²) in [5, 5.41) is 0. The van der Waals surface area contributed by atoms with Gasteiger partial charge in [0, 0.05) is 37.9 Å². The first-order chi connectivity index (χ1) is 14.0. The molecule has 4 nitrogen and oxygen atoms in total. The number of hydrogen-bond acceptors (Lipinski definition) is 2. The molecule has 1 aliphatic heterocycles. The van der Waals surface area contributed by atoms with E-state index < -0.39 is 0 Å². The van der Waals surface area contributed by atoms with Gasteiger partial charge < -0.3 is 9.80 Å². The van der Waals surface area contributed by atoms with Crippen LogP contribution in [-0.2, 0) is 9.59 Å². The van der Waals surface area contributed by atoms with Crippen LogP contribution in [0.15, 0.2) is 60.7 Å². The van der Waals surface area contributed by atoms with Crippen molar-refractivity contribution in [2.24, 2.45) is 5.92 Å². The van der Waals surface area contributed by atoms with E-state index in [1.54, 1.807) is 0 Å². The van der Waals surface area contributed by atoms with Gasteiger partial charge in [0.2, 0.25) is 11.8 Å². The molecular formula is C25H30N2O2. The van der Waals surface area contributed by atoms with E-state index in [0.29, 0.717) is 26.1 Å². The molecule has 1 saturated heterocycles. The Labute approximate surface area is 173 Å². The van der Waals surface area contributed by atoms with Crippen molar-refractivity contribution in [3.8, 4) is 0 Å². The average molecular weight is 391 g/mol. The molecule has 4 rings (SSSR count). The minimum absolute atomic E-state index is 0.0341. The molecule has 0 unspecified atom stereocenters.